The molecule has 49 heavy (non-hydrogen) atoms. The minimum Gasteiger partial charge on any atom is -0.493 e. The van der Waals surface area contributed by atoms with Crippen LogP contribution in [0.25, 0.3) is 0 Å². The fraction of sp³-hybridized carbons (Fsp3) is 0.400. The van der Waals surface area contributed by atoms with Crippen LogP contribution in [-0.2, 0) is 14.2 Å². The molecule has 0 radical (unpaired) electrons. The van der Waals surface area contributed by atoms with E-state index < -0.39 is 23.3 Å². The highest BCUT2D eigenvalue weighted by Gasteiger charge is 2.35. The molecule has 266 valence electrons. The number of esters is 3. The molecule has 3 aromatic rings. The van der Waals surface area contributed by atoms with Gasteiger partial charge in [0.1, 0.15) is 19.8 Å². The molecule has 0 heterocycles. The minimum atomic E-state index is -1.18. The van der Waals surface area contributed by atoms with Crippen molar-refractivity contribution in [3.05, 3.63) is 59.2 Å². The Balaban J connectivity index is 1.91. The Morgan fingerprint density at radius 2 is 0.776 bits per heavy atom. The van der Waals surface area contributed by atoms with Gasteiger partial charge in [-0.1, -0.05) is 6.92 Å². The third-order valence-electron chi connectivity index (χ3n) is 7.70. The van der Waals surface area contributed by atoms with E-state index in [2.05, 4.69) is 0 Å². The number of carbonyl (C=O) groups is 3. The molecule has 3 rings (SSSR count). The van der Waals surface area contributed by atoms with Gasteiger partial charge in [-0.3, -0.25) is 0 Å². The molecule has 0 aromatic heterocycles. The minimum absolute atomic E-state index is 0.108. The largest absolute Gasteiger partial charge is 0.493 e. The summed E-state index contributed by atoms with van der Waals surface area (Å²) >= 11 is 0. The molecular formula is C35H42O14. The maximum Gasteiger partial charge on any atom is 0.338 e. The third-order valence-corrected chi connectivity index (χ3v) is 7.70. The van der Waals surface area contributed by atoms with Gasteiger partial charge in [-0.15, -0.1) is 0 Å². The first kappa shape index (κ1) is 37.9. The van der Waals surface area contributed by atoms with E-state index in [1.54, 1.807) is 13.0 Å². The van der Waals surface area contributed by atoms with Gasteiger partial charge in [0.2, 0.25) is 11.5 Å². The molecule has 3 aromatic carbocycles. The summed E-state index contributed by atoms with van der Waals surface area (Å²) in [6.07, 6.45) is 0.261. The van der Waals surface area contributed by atoms with Crippen molar-refractivity contribution in [1.29, 1.82) is 0 Å². The van der Waals surface area contributed by atoms with Crippen molar-refractivity contribution in [3.8, 4) is 46.0 Å². The van der Waals surface area contributed by atoms with Gasteiger partial charge in [0.15, 0.2) is 34.5 Å². The van der Waals surface area contributed by atoms with E-state index in [-0.39, 0.29) is 65.9 Å². The lowest BCUT2D eigenvalue weighted by atomic mass is 9.88. The quantitative estimate of drug-likeness (QED) is 0.130. The highest BCUT2D eigenvalue weighted by molar-refractivity contribution is 5.92. The summed E-state index contributed by atoms with van der Waals surface area (Å²) in [5.41, 5.74) is -0.780. The maximum absolute atomic E-state index is 13.3. The van der Waals surface area contributed by atoms with E-state index in [0.717, 1.165) is 0 Å². The van der Waals surface area contributed by atoms with Crippen LogP contribution in [0.2, 0.25) is 0 Å². The standard InChI is InChI=1S/C35H42O14/c1-10-35(18-47-32(36)21-11-12-24(39-2)25(13-21)40-3,19-48-33(37)22-14-26(41-4)30(45-8)27(15-22)42-5)20-49-34(38)23-16-28(43-6)31(46-9)29(17-23)44-7/h11-17H,10,18-20H2,1-9H3. The molecule has 0 unspecified atom stereocenters. The third kappa shape index (κ3) is 8.89. The Kier molecular flexibility index (Phi) is 13.6. The maximum atomic E-state index is 13.3. The summed E-state index contributed by atoms with van der Waals surface area (Å²) in [7, 11) is 11.5. The molecule has 14 nitrogen and oxygen atoms in total. The fourth-order valence-electron chi connectivity index (χ4n) is 4.70. The Labute approximate surface area is 284 Å². The van der Waals surface area contributed by atoms with Crippen LogP contribution >= 0.6 is 0 Å². The molecule has 0 aliphatic carbocycles. The summed E-state index contributed by atoms with van der Waals surface area (Å²) in [6, 6.07) is 10.3. The van der Waals surface area contributed by atoms with Crippen LogP contribution in [-0.4, -0.2) is 94.6 Å². The fourth-order valence-corrected chi connectivity index (χ4v) is 4.70. The van der Waals surface area contributed by atoms with Crippen molar-refractivity contribution in [2.24, 2.45) is 5.41 Å². The second-order valence-corrected chi connectivity index (χ2v) is 10.5. The Morgan fingerprint density at radius 1 is 0.449 bits per heavy atom. The van der Waals surface area contributed by atoms with Gasteiger partial charge in [0, 0.05) is 0 Å². The number of hydrogen-bond acceptors (Lipinski definition) is 14. The van der Waals surface area contributed by atoms with Crippen LogP contribution in [0, 0.1) is 5.41 Å². The predicted octanol–water partition coefficient (Wildman–Crippen LogP) is 5.02. The number of ether oxygens (including phenoxy) is 11. The average Bonchev–Trinajstić information content (AvgIpc) is 3.15. The monoisotopic (exact) mass is 686 g/mol. The van der Waals surface area contributed by atoms with Gasteiger partial charge < -0.3 is 52.1 Å². The number of benzene rings is 3. The zero-order chi connectivity index (χ0) is 36.1. The molecule has 0 atom stereocenters. The van der Waals surface area contributed by atoms with E-state index in [4.69, 9.17) is 52.1 Å². The van der Waals surface area contributed by atoms with Gasteiger partial charge in [-0.25, -0.2) is 14.4 Å². The van der Waals surface area contributed by atoms with Crippen LogP contribution in [0.15, 0.2) is 42.5 Å². The van der Waals surface area contributed by atoms with Crippen LogP contribution in [0.4, 0.5) is 0 Å². The average molecular weight is 687 g/mol. The van der Waals surface area contributed by atoms with Crippen molar-refractivity contribution in [2.45, 2.75) is 13.3 Å². The zero-order valence-corrected chi connectivity index (χ0v) is 29.1. The Morgan fingerprint density at radius 3 is 1.08 bits per heavy atom. The number of hydrogen-bond donors (Lipinski definition) is 0. The second kappa shape index (κ2) is 17.6. The van der Waals surface area contributed by atoms with Crippen LogP contribution in [0.5, 0.6) is 46.0 Å². The van der Waals surface area contributed by atoms with Gasteiger partial charge in [0.25, 0.3) is 0 Å². The van der Waals surface area contributed by atoms with Crippen LogP contribution in [0.3, 0.4) is 0 Å². The van der Waals surface area contributed by atoms with E-state index in [9.17, 15) is 14.4 Å². The van der Waals surface area contributed by atoms with Crippen molar-refractivity contribution in [3.63, 3.8) is 0 Å². The lowest BCUT2D eigenvalue weighted by Gasteiger charge is -2.31. The Bertz CT molecular complexity index is 1490. The van der Waals surface area contributed by atoms with Gasteiger partial charge >= 0.3 is 17.9 Å². The molecule has 0 aliphatic heterocycles. The molecular weight excluding hydrogens is 644 g/mol. The topological polar surface area (TPSA) is 153 Å². The molecule has 0 saturated carbocycles. The molecule has 0 fully saturated rings. The lowest BCUT2D eigenvalue weighted by Crippen LogP contribution is -2.39. The van der Waals surface area contributed by atoms with E-state index in [1.807, 2.05) is 0 Å². The molecule has 0 spiro atoms. The molecule has 0 saturated heterocycles. The first-order valence-electron chi connectivity index (χ1n) is 14.9. The van der Waals surface area contributed by atoms with Gasteiger partial charge in [-0.2, -0.15) is 0 Å². The van der Waals surface area contributed by atoms with E-state index in [0.29, 0.717) is 23.0 Å². The van der Waals surface area contributed by atoms with Crippen molar-refractivity contribution in [2.75, 3.05) is 76.7 Å². The van der Waals surface area contributed by atoms with Crippen molar-refractivity contribution >= 4 is 17.9 Å². The van der Waals surface area contributed by atoms with Crippen LogP contribution < -0.4 is 37.9 Å². The molecule has 0 N–H and O–H groups in total. The van der Waals surface area contributed by atoms with Crippen LogP contribution in [0.1, 0.15) is 44.4 Å². The molecule has 14 heteroatoms. The first-order chi connectivity index (χ1) is 23.6. The summed E-state index contributed by atoms with van der Waals surface area (Å²) in [5, 5.41) is 0. The number of methoxy groups -OCH3 is 8. The highest BCUT2D eigenvalue weighted by Crippen LogP contribution is 2.40. The Hall–Kier alpha value is -5.53. The normalized spacial score (nSPS) is 10.7. The molecule has 0 amide bonds. The summed E-state index contributed by atoms with van der Waals surface area (Å²) < 4.78 is 59.8. The predicted molar refractivity (Wildman–Crippen MR) is 175 cm³/mol. The smallest absolute Gasteiger partial charge is 0.338 e. The molecule has 0 bridgehead atoms. The van der Waals surface area contributed by atoms with E-state index >= 15 is 0 Å². The molecule has 0 aliphatic rings. The zero-order valence-electron chi connectivity index (χ0n) is 29.1. The SMILES string of the molecule is CCC(COC(=O)c1ccc(OC)c(OC)c1)(COC(=O)c1cc(OC)c(OC)c(OC)c1)COC(=O)c1cc(OC)c(OC)c(OC)c1. The van der Waals surface area contributed by atoms with Gasteiger partial charge in [0.05, 0.1) is 79.0 Å². The summed E-state index contributed by atoms with van der Waals surface area (Å²) in [6.45, 7) is 0.883. The second-order valence-electron chi connectivity index (χ2n) is 10.5. The lowest BCUT2D eigenvalue weighted by molar-refractivity contribution is -0.0382. The first-order valence-corrected chi connectivity index (χ1v) is 14.9. The van der Waals surface area contributed by atoms with Gasteiger partial charge in [-0.05, 0) is 48.9 Å². The summed E-state index contributed by atoms with van der Waals surface area (Å²) in [4.78, 5) is 39.9. The number of rotatable bonds is 18. The number of carbonyl (C=O) groups excluding carboxylic acids is 3. The van der Waals surface area contributed by atoms with Crippen molar-refractivity contribution in [1.82, 2.24) is 0 Å². The van der Waals surface area contributed by atoms with E-state index in [1.165, 1.54) is 93.3 Å². The van der Waals surface area contributed by atoms with Crippen molar-refractivity contribution < 1.29 is 66.5 Å². The highest BCUT2D eigenvalue weighted by atomic mass is 16.6. The summed E-state index contributed by atoms with van der Waals surface area (Å²) in [5.74, 6) is 0.186.